The molecule has 1 aliphatic carbocycles. The van der Waals surface area contributed by atoms with Crippen LogP contribution in [0.15, 0.2) is 41.7 Å². The van der Waals surface area contributed by atoms with E-state index in [1.807, 2.05) is 13.0 Å². The highest BCUT2D eigenvalue weighted by molar-refractivity contribution is 6.06. The van der Waals surface area contributed by atoms with Crippen molar-refractivity contribution in [2.45, 2.75) is 63.6 Å². The van der Waals surface area contributed by atoms with Crippen molar-refractivity contribution in [3.63, 3.8) is 0 Å². The summed E-state index contributed by atoms with van der Waals surface area (Å²) >= 11 is 0. The summed E-state index contributed by atoms with van der Waals surface area (Å²) < 4.78 is 73.6. The number of benzene rings is 2. The Bertz CT molecular complexity index is 2220. The van der Waals surface area contributed by atoms with Crippen LogP contribution in [0.3, 0.4) is 0 Å². The number of ether oxygens (including phenoxy) is 3. The van der Waals surface area contributed by atoms with Crippen LogP contribution in [-0.4, -0.2) is 114 Å². The van der Waals surface area contributed by atoms with Gasteiger partial charge in [-0.3, -0.25) is 9.59 Å². The average Bonchev–Trinajstić information content (AvgIpc) is 4.01. The first-order chi connectivity index (χ1) is 26.8. The molecule has 298 valence electrons. The number of piperidine rings is 2. The number of nitrogens with zero attached hydrogens (tertiary/aromatic N) is 6. The van der Waals surface area contributed by atoms with E-state index in [4.69, 9.17) is 24.2 Å². The van der Waals surface area contributed by atoms with E-state index in [0.29, 0.717) is 91.9 Å². The van der Waals surface area contributed by atoms with Crippen molar-refractivity contribution in [2.75, 3.05) is 71.0 Å². The lowest BCUT2D eigenvalue weighted by Gasteiger charge is -2.54. The summed E-state index contributed by atoms with van der Waals surface area (Å²) in [4.78, 5) is 48.4. The molecule has 0 bridgehead atoms. The number of aryl methyl sites for hydroxylation is 1. The molecule has 3 saturated heterocycles. The van der Waals surface area contributed by atoms with Crippen LogP contribution in [0.1, 0.15) is 55.6 Å². The average molecular weight is 780 g/mol. The Balaban J connectivity index is 1.26. The van der Waals surface area contributed by atoms with Crippen molar-refractivity contribution in [3.8, 4) is 22.9 Å². The summed E-state index contributed by atoms with van der Waals surface area (Å²) in [7, 11) is 1.67. The number of carbonyl (C=O) groups is 1. The Labute approximate surface area is 320 Å². The van der Waals surface area contributed by atoms with Gasteiger partial charge in [0.2, 0.25) is 0 Å². The normalized spacial score (nSPS) is 19.1. The number of hydrogen-bond donors (Lipinski definition) is 1. The van der Waals surface area contributed by atoms with Gasteiger partial charge >= 0.3 is 12.2 Å². The fraction of sp³-hybridized carbons (Fsp3) is 0.525. The first-order valence-corrected chi connectivity index (χ1v) is 19.2. The summed E-state index contributed by atoms with van der Waals surface area (Å²) in [5.74, 6) is -1.24. The van der Waals surface area contributed by atoms with E-state index in [0.717, 1.165) is 38.0 Å². The quantitative estimate of drug-likeness (QED) is 0.142. The van der Waals surface area contributed by atoms with Crippen LogP contribution >= 0.6 is 0 Å². The number of carbonyl (C=O) groups excluding carboxylic acids is 1. The van der Waals surface area contributed by atoms with Gasteiger partial charge in [-0.25, -0.2) is 9.37 Å². The lowest BCUT2D eigenvalue weighted by atomic mass is 9.72. The topological polar surface area (TPSA) is 126 Å². The van der Waals surface area contributed by atoms with E-state index in [1.165, 1.54) is 11.2 Å². The Morgan fingerprint density at radius 3 is 2.45 bits per heavy atom. The van der Waals surface area contributed by atoms with Crippen molar-refractivity contribution >= 4 is 33.5 Å². The third-order valence-corrected chi connectivity index (χ3v) is 11.7. The molecule has 1 saturated carbocycles. The van der Waals surface area contributed by atoms with Crippen molar-refractivity contribution < 1.29 is 36.6 Å². The molecule has 4 fully saturated rings. The number of methoxy groups -OCH3 is 1. The molecule has 2 aromatic heterocycles. The number of nitrogens with one attached hydrogen (secondary N) is 1. The second-order valence-electron chi connectivity index (χ2n) is 15.7. The smallest absolute Gasteiger partial charge is 0.422 e. The van der Waals surface area contributed by atoms with Gasteiger partial charge in [0, 0.05) is 74.9 Å². The highest BCUT2D eigenvalue weighted by atomic mass is 19.4. The molecule has 16 heteroatoms. The van der Waals surface area contributed by atoms with Crippen molar-refractivity contribution in [1.82, 2.24) is 29.7 Å². The molecule has 12 nitrogen and oxygen atoms in total. The molecule has 4 aliphatic rings. The second kappa shape index (κ2) is 14.9. The number of likely N-dealkylation sites (tertiary alicyclic amines) is 2. The summed E-state index contributed by atoms with van der Waals surface area (Å²) in [5.41, 5.74) is 2.22. The fourth-order valence-corrected chi connectivity index (χ4v) is 8.58. The number of fused-ring (bicyclic) bond motifs is 2. The van der Waals surface area contributed by atoms with Gasteiger partial charge in [0.15, 0.2) is 18.2 Å². The van der Waals surface area contributed by atoms with Crippen molar-refractivity contribution in [3.05, 3.63) is 58.4 Å². The number of anilines is 1. The Morgan fingerprint density at radius 2 is 1.79 bits per heavy atom. The molecule has 5 heterocycles. The maximum Gasteiger partial charge on any atom is 0.422 e. The lowest BCUT2D eigenvalue weighted by Crippen LogP contribution is -2.62. The summed E-state index contributed by atoms with van der Waals surface area (Å²) in [5, 5.41) is 0.775. The van der Waals surface area contributed by atoms with Crippen LogP contribution in [0.4, 0.5) is 23.4 Å². The highest BCUT2D eigenvalue weighted by Gasteiger charge is 2.47. The molecule has 8 rings (SSSR count). The minimum absolute atomic E-state index is 0.00786. The summed E-state index contributed by atoms with van der Waals surface area (Å²) in [6.45, 7) is 8.26. The molecule has 0 atom stereocenters. The largest absolute Gasteiger partial charge is 0.481 e. The Kier molecular flexibility index (Phi) is 10.1. The van der Waals surface area contributed by atoms with Gasteiger partial charge in [0.25, 0.3) is 11.5 Å². The molecule has 2 aromatic carbocycles. The zero-order chi connectivity index (χ0) is 39.4. The number of amides is 1. The number of rotatable bonds is 11. The maximum absolute atomic E-state index is 14.1. The van der Waals surface area contributed by atoms with Crippen LogP contribution in [-0.2, 0) is 9.53 Å². The first-order valence-electron chi connectivity index (χ1n) is 19.2. The molecule has 1 amide bonds. The van der Waals surface area contributed by atoms with Crippen LogP contribution in [0.5, 0.6) is 11.8 Å². The molecule has 3 aliphatic heterocycles. The monoisotopic (exact) mass is 779 g/mol. The van der Waals surface area contributed by atoms with Crippen molar-refractivity contribution in [1.29, 1.82) is 0 Å². The van der Waals surface area contributed by atoms with Crippen molar-refractivity contribution in [2.24, 2.45) is 5.41 Å². The van der Waals surface area contributed by atoms with Crippen LogP contribution in [0, 0.1) is 12.3 Å². The standard InChI is InChI=1S/C40H45F4N7O5/c1-23-4-7-29-32(36(52)46-22-45-29)30(23)31-27(25-5-6-25)18-28-33(34(31)55-21-40(42,43)44)47-38(56-26-8-12-49(13-9-26)16-17-54-3)48-35(28)50-14-10-39(11-15-50)19-51(20-39)37(53)24(2)41/h4,7,18,22,25-26H,2,5-6,8-17,19-21H2,1,3H3,(H,45,46,52). The third-order valence-electron chi connectivity index (χ3n) is 11.7. The lowest BCUT2D eigenvalue weighted by molar-refractivity contribution is -0.153. The highest BCUT2D eigenvalue weighted by Crippen LogP contribution is 2.53. The number of alkyl halides is 3. The number of aromatic nitrogens is 4. The second-order valence-corrected chi connectivity index (χ2v) is 15.7. The van der Waals surface area contributed by atoms with Gasteiger partial charge in [0.1, 0.15) is 17.4 Å². The Morgan fingerprint density at radius 1 is 1.05 bits per heavy atom. The van der Waals surface area contributed by atoms with Gasteiger partial charge in [-0.15, -0.1) is 0 Å². The zero-order valence-electron chi connectivity index (χ0n) is 31.5. The zero-order valence-corrected chi connectivity index (χ0v) is 31.5. The Hall–Kier alpha value is -4.83. The van der Waals surface area contributed by atoms with E-state index in [9.17, 15) is 27.2 Å². The minimum Gasteiger partial charge on any atom is -0.481 e. The van der Waals surface area contributed by atoms with E-state index < -0.39 is 30.1 Å². The molecule has 4 aromatic rings. The third kappa shape index (κ3) is 7.52. The summed E-state index contributed by atoms with van der Waals surface area (Å²) in [6.07, 6.45) is 0.778. The SMILES string of the molecule is C=C(F)C(=O)N1CC2(CCN(c3nc(OC4CCN(CCOC)CC4)nc4c(OCC(F)(F)F)c(-c5c(C)ccc6nc[nH]c(=O)c56)c(C5CC5)cc34)CC2)C1. The van der Waals surface area contributed by atoms with Crippen LogP contribution in [0.25, 0.3) is 32.9 Å². The van der Waals surface area contributed by atoms with E-state index in [-0.39, 0.29) is 40.1 Å². The summed E-state index contributed by atoms with van der Waals surface area (Å²) in [6, 6.07) is 5.51. The molecular weight excluding hydrogens is 734 g/mol. The van der Waals surface area contributed by atoms with Gasteiger partial charge < -0.3 is 33.9 Å². The van der Waals surface area contributed by atoms with Gasteiger partial charge in [0.05, 0.1) is 23.8 Å². The van der Waals surface area contributed by atoms with Crippen LogP contribution < -0.4 is 19.9 Å². The molecule has 1 spiro atoms. The molecule has 0 unspecified atom stereocenters. The molecule has 0 radical (unpaired) electrons. The molecule has 56 heavy (non-hydrogen) atoms. The van der Waals surface area contributed by atoms with Crippen LogP contribution in [0.2, 0.25) is 0 Å². The first kappa shape index (κ1) is 38.1. The number of H-pyrrole nitrogens is 1. The number of hydrogen-bond acceptors (Lipinski definition) is 10. The van der Waals surface area contributed by atoms with Gasteiger partial charge in [-0.2, -0.15) is 23.1 Å². The maximum atomic E-state index is 14.1. The predicted molar refractivity (Wildman–Crippen MR) is 202 cm³/mol. The molecule has 1 N–H and O–H groups in total. The number of aromatic amines is 1. The van der Waals surface area contributed by atoms with Gasteiger partial charge in [-0.05, 0) is 74.6 Å². The fourth-order valence-electron chi connectivity index (χ4n) is 8.58. The molecular formula is C40H45F4N7O5. The van der Waals surface area contributed by atoms with E-state index in [1.54, 1.807) is 19.2 Å². The van der Waals surface area contributed by atoms with Gasteiger partial charge in [-0.1, -0.05) is 12.6 Å². The predicted octanol–water partition coefficient (Wildman–Crippen LogP) is 6.06. The minimum atomic E-state index is -4.67. The van der Waals surface area contributed by atoms with E-state index in [2.05, 4.69) is 26.3 Å². The van der Waals surface area contributed by atoms with E-state index >= 15 is 0 Å². The number of halogens is 4.